The largest absolute Gasteiger partial charge is 0.468 e. The predicted molar refractivity (Wildman–Crippen MR) is 61.1 cm³/mol. The first-order valence-electron chi connectivity index (χ1n) is 5.27. The standard InChI is InChI=1S/C13H12FNO2/c14-11-5-3-10(4-6-11)13(16)9-15-8-12-2-1-7-17-12/h1-7,15H,8-9H2. The van der Waals surface area contributed by atoms with E-state index in [4.69, 9.17) is 4.42 Å². The van der Waals surface area contributed by atoms with Gasteiger partial charge in [-0.05, 0) is 36.4 Å². The van der Waals surface area contributed by atoms with E-state index in [0.29, 0.717) is 12.1 Å². The van der Waals surface area contributed by atoms with Crippen molar-refractivity contribution in [3.63, 3.8) is 0 Å². The first kappa shape index (κ1) is 11.5. The van der Waals surface area contributed by atoms with Gasteiger partial charge in [-0.2, -0.15) is 0 Å². The number of ketones is 1. The van der Waals surface area contributed by atoms with Crippen LogP contribution in [0, 0.1) is 5.82 Å². The highest BCUT2D eigenvalue weighted by Crippen LogP contribution is 2.03. The monoisotopic (exact) mass is 233 g/mol. The van der Waals surface area contributed by atoms with E-state index >= 15 is 0 Å². The molecule has 2 aromatic rings. The second-order valence-electron chi connectivity index (χ2n) is 3.61. The maximum absolute atomic E-state index is 12.6. The van der Waals surface area contributed by atoms with Crippen LogP contribution in [0.2, 0.25) is 0 Å². The van der Waals surface area contributed by atoms with Crippen molar-refractivity contribution in [2.45, 2.75) is 6.54 Å². The van der Waals surface area contributed by atoms with Crippen molar-refractivity contribution in [2.75, 3.05) is 6.54 Å². The molecule has 0 saturated carbocycles. The van der Waals surface area contributed by atoms with Crippen molar-refractivity contribution in [3.05, 3.63) is 59.8 Å². The lowest BCUT2D eigenvalue weighted by Crippen LogP contribution is -2.22. The van der Waals surface area contributed by atoms with Crippen LogP contribution in [0.1, 0.15) is 16.1 Å². The summed E-state index contributed by atoms with van der Waals surface area (Å²) in [5.41, 5.74) is 0.498. The zero-order chi connectivity index (χ0) is 12.1. The molecule has 2 rings (SSSR count). The lowest BCUT2D eigenvalue weighted by Gasteiger charge is -2.02. The number of hydrogen-bond donors (Lipinski definition) is 1. The van der Waals surface area contributed by atoms with Crippen LogP contribution in [0.3, 0.4) is 0 Å². The van der Waals surface area contributed by atoms with Gasteiger partial charge < -0.3 is 9.73 Å². The lowest BCUT2D eigenvalue weighted by atomic mass is 10.1. The highest BCUT2D eigenvalue weighted by Gasteiger charge is 2.05. The van der Waals surface area contributed by atoms with Gasteiger partial charge in [0, 0.05) is 5.56 Å². The lowest BCUT2D eigenvalue weighted by molar-refractivity contribution is 0.0990. The minimum atomic E-state index is -0.343. The molecule has 0 aliphatic heterocycles. The topological polar surface area (TPSA) is 42.2 Å². The molecule has 0 aliphatic rings. The summed E-state index contributed by atoms with van der Waals surface area (Å²) >= 11 is 0. The third kappa shape index (κ3) is 3.26. The molecule has 0 bridgehead atoms. The van der Waals surface area contributed by atoms with Crippen molar-refractivity contribution in [3.8, 4) is 0 Å². The van der Waals surface area contributed by atoms with Crippen LogP contribution < -0.4 is 5.32 Å². The fraction of sp³-hybridized carbons (Fsp3) is 0.154. The highest BCUT2D eigenvalue weighted by molar-refractivity contribution is 5.97. The van der Waals surface area contributed by atoms with E-state index in [1.54, 1.807) is 12.3 Å². The van der Waals surface area contributed by atoms with Gasteiger partial charge in [-0.15, -0.1) is 0 Å². The number of rotatable bonds is 5. The molecule has 4 heteroatoms. The molecule has 1 heterocycles. The number of halogens is 1. The van der Waals surface area contributed by atoms with Gasteiger partial charge in [-0.3, -0.25) is 4.79 Å². The second kappa shape index (κ2) is 5.41. The van der Waals surface area contributed by atoms with Gasteiger partial charge in [-0.1, -0.05) is 0 Å². The Morgan fingerprint density at radius 2 is 2.00 bits per heavy atom. The van der Waals surface area contributed by atoms with Crippen molar-refractivity contribution >= 4 is 5.78 Å². The molecule has 0 saturated heterocycles. The molecule has 0 spiro atoms. The molecule has 1 N–H and O–H groups in total. The molecule has 3 nitrogen and oxygen atoms in total. The first-order valence-corrected chi connectivity index (χ1v) is 5.27. The van der Waals surface area contributed by atoms with Gasteiger partial charge in [0.05, 0.1) is 19.4 Å². The van der Waals surface area contributed by atoms with Gasteiger partial charge in [0.2, 0.25) is 0 Å². The molecule has 0 radical (unpaired) electrons. The summed E-state index contributed by atoms with van der Waals surface area (Å²) in [6.45, 7) is 0.701. The Morgan fingerprint density at radius 3 is 2.65 bits per heavy atom. The van der Waals surface area contributed by atoms with Gasteiger partial charge >= 0.3 is 0 Å². The summed E-state index contributed by atoms with van der Waals surface area (Å²) < 4.78 is 17.8. The number of carbonyl (C=O) groups is 1. The highest BCUT2D eigenvalue weighted by atomic mass is 19.1. The van der Waals surface area contributed by atoms with Crippen LogP contribution in [-0.4, -0.2) is 12.3 Å². The zero-order valence-corrected chi connectivity index (χ0v) is 9.15. The molecule has 0 fully saturated rings. The number of carbonyl (C=O) groups excluding carboxylic acids is 1. The summed E-state index contributed by atoms with van der Waals surface area (Å²) in [4.78, 5) is 11.7. The summed E-state index contributed by atoms with van der Waals surface area (Å²) in [7, 11) is 0. The molecule has 0 amide bonds. The maximum Gasteiger partial charge on any atom is 0.176 e. The van der Waals surface area contributed by atoms with E-state index in [9.17, 15) is 9.18 Å². The summed E-state index contributed by atoms with van der Waals surface area (Å²) in [5, 5.41) is 2.96. The van der Waals surface area contributed by atoms with E-state index in [1.807, 2.05) is 6.07 Å². The van der Waals surface area contributed by atoms with E-state index in [-0.39, 0.29) is 18.1 Å². The van der Waals surface area contributed by atoms with Gasteiger partial charge in [0.25, 0.3) is 0 Å². The van der Waals surface area contributed by atoms with Crippen LogP contribution >= 0.6 is 0 Å². The van der Waals surface area contributed by atoms with E-state index in [0.717, 1.165) is 5.76 Å². The average Bonchev–Trinajstić information content (AvgIpc) is 2.83. The first-order chi connectivity index (χ1) is 8.25. The van der Waals surface area contributed by atoms with Crippen molar-refractivity contribution < 1.29 is 13.6 Å². The molecule has 88 valence electrons. The third-order valence-corrected chi connectivity index (χ3v) is 2.33. The van der Waals surface area contributed by atoms with Crippen molar-refractivity contribution in [1.29, 1.82) is 0 Å². The Hall–Kier alpha value is -1.94. The minimum Gasteiger partial charge on any atom is -0.468 e. The van der Waals surface area contributed by atoms with Gasteiger partial charge in [-0.25, -0.2) is 4.39 Å². The van der Waals surface area contributed by atoms with E-state index < -0.39 is 0 Å². The Balaban J connectivity index is 1.83. The van der Waals surface area contributed by atoms with Crippen LogP contribution in [0.15, 0.2) is 47.1 Å². The summed E-state index contributed by atoms with van der Waals surface area (Å²) in [6.07, 6.45) is 1.58. The SMILES string of the molecule is O=C(CNCc1ccco1)c1ccc(F)cc1. The molecule has 1 aromatic heterocycles. The summed E-state index contributed by atoms with van der Waals surface area (Å²) in [6, 6.07) is 9.13. The Bertz CT molecular complexity index is 477. The summed E-state index contributed by atoms with van der Waals surface area (Å²) in [5.74, 6) is 0.360. The molecule has 0 aliphatic carbocycles. The third-order valence-electron chi connectivity index (χ3n) is 2.33. The van der Waals surface area contributed by atoms with Gasteiger partial charge in [0.15, 0.2) is 5.78 Å². The molecular formula is C13H12FNO2. The maximum atomic E-state index is 12.6. The minimum absolute atomic E-state index is 0.0726. The molecule has 17 heavy (non-hydrogen) atoms. The number of nitrogens with one attached hydrogen (secondary N) is 1. The van der Waals surface area contributed by atoms with E-state index in [1.165, 1.54) is 24.3 Å². The smallest absolute Gasteiger partial charge is 0.176 e. The van der Waals surface area contributed by atoms with Crippen molar-refractivity contribution in [2.24, 2.45) is 0 Å². The molecule has 0 unspecified atom stereocenters. The fourth-order valence-electron chi connectivity index (χ4n) is 1.45. The normalized spacial score (nSPS) is 10.4. The number of Topliss-reactive ketones (excluding diaryl/α,β-unsaturated/α-hetero) is 1. The molecular weight excluding hydrogens is 221 g/mol. The van der Waals surface area contributed by atoms with Crippen LogP contribution in [-0.2, 0) is 6.54 Å². The van der Waals surface area contributed by atoms with E-state index in [2.05, 4.69) is 5.32 Å². The quantitative estimate of drug-likeness (QED) is 0.806. The van der Waals surface area contributed by atoms with Crippen LogP contribution in [0.25, 0.3) is 0 Å². The molecule has 1 aromatic carbocycles. The van der Waals surface area contributed by atoms with Crippen molar-refractivity contribution in [1.82, 2.24) is 5.32 Å². The fourth-order valence-corrected chi connectivity index (χ4v) is 1.45. The number of furan rings is 1. The second-order valence-corrected chi connectivity index (χ2v) is 3.61. The predicted octanol–water partition coefficient (Wildman–Crippen LogP) is 2.39. The van der Waals surface area contributed by atoms with Crippen LogP contribution in [0.4, 0.5) is 4.39 Å². The average molecular weight is 233 g/mol. The Morgan fingerprint density at radius 1 is 1.24 bits per heavy atom. The Kier molecular flexibility index (Phi) is 3.67. The van der Waals surface area contributed by atoms with Crippen LogP contribution in [0.5, 0.6) is 0 Å². The number of benzene rings is 1. The molecule has 0 atom stereocenters. The number of hydrogen-bond acceptors (Lipinski definition) is 3. The Labute approximate surface area is 98.3 Å². The van der Waals surface area contributed by atoms with Gasteiger partial charge in [0.1, 0.15) is 11.6 Å². The zero-order valence-electron chi connectivity index (χ0n) is 9.15.